The molecule has 2 fully saturated rings. The lowest BCUT2D eigenvalue weighted by Gasteiger charge is -2.40. The standard InChI is InChI=1S/C11H20N2O7S.C10H19NO6S.CH4/c1-4(15)12-5(3-21)10(18)13-7-9(17)8(16)6(2-14)20-11(7)19;1-4(3-18)9(15)11-6-8(14)7(13)5(2-12)17-10(6)16;/h5-9,11,14,16-17,19,21H,2-3H2,1H3,(H,12,15)(H,13,18);4-8,10,12-14,16,18H,2-3H2,1H3,(H,11,15);1H4/t5?,6?,7?,8-,9+,11?;4?,5?,6?,7-,8-,10?;/m01./s1. The second kappa shape index (κ2) is 18.3. The van der Waals surface area contributed by atoms with Crippen LogP contribution in [-0.4, -0.2) is 151 Å². The van der Waals surface area contributed by atoms with Crippen LogP contribution in [0.15, 0.2) is 0 Å². The molecule has 0 aromatic heterocycles. The van der Waals surface area contributed by atoms with Crippen LogP contribution in [0.25, 0.3) is 0 Å². The molecular formula is C22H43N3O13S2. The van der Waals surface area contributed by atoms with Crippen molar-refractivity contribution in [3.8, 4) is 0 Å². The van der Waals surface area contributed by atoms with Gasteiger partial charge in [0.05, 0.1) is 13.2 Å². The van der Waals surface area contributed by atoms with Crippen molar-refractivity contribution in [3.05, 3.63) is 0 Å². The van der Waals surface area contributed by atoms with Crippen molar-refractivity contribution in [3.63, 3.8) is 0 Å². The number of hydrogen-bond acceptors (Lipinski definition) is 15. The van der Waals surface area contributed by atoms with Gasteiger partial charge in [-0.05, 0) is 0 Å². The number of carbonyl (C=O) groups is 3. The highest BCUT2D eigenvalue weighted by atomic mass is 32.1. The van der Waals surface area contributed by atoms with Gasteiger partial charge in [-0.2, -0.15) is 25.3 Å². The quantitative estimate of drug-likeness (QED) is 0.107. The SMILES string of the molecule is C.CC(=O)NC(CS)C(=O)NC1C(O)OC(CO)[C@H](O)[C@@H]1O.CC(CS)C(=O)NC1C(O)OC(CO)[C@@H](O)[C@@H]1O. The van der Waals surface area contributed by atoms with Gasteiger partial charge in [0.25, 0.3) is 0 Å². The Morgan fingerprint density at radius 3 is 1.48 bits per heavy atom. The number of amides is 3. The lowest BCUT2D eigenvalue weighted by Crippen LogP contribution is -2.65. The van der Waals surface area contributed by atoms with Gasteiger partial charge in [0.1, 0.15) is 54.7 Å². The van der Waals surface area contributed by atoms with Crippen LogP contribution in [0.4, 0.5) is 0 Å². The molecule has 2 saturated heterocycles. The smallest absolute Gasteiger partial charge is 0.243 e. The molecule has 2 aliphatic heterocycles. The fourth-order valence-corrected chi connectivity index (χ4v) is 4.02. The molecule has 0 aromatic rings. The third-order valence-electron chi connectivity index (χ3n) is 6.02. The van der Waals surface area contributed by atoms with Gasteiger partial charge in [0.15, 0.2) is 12.6 Å². The zero-order valence-electron chi connectivity index (χ0n) is 21.3. The van der Waals surface area contributed by atoms with E-state index < -0.39 is 104 Å². The first-order valence-electron chi connectivity index (χ1n) is 11.9. The van der Waals surface area contributed by atoms with Gasteiger partial charge in [-0.3, -0.25) is 14.4 Å². The summed E-state index contributed by atoms with van der Waals surface area (Å²) in [6, 6.07) is -3.40. The summed E-state index contributed by atoms with van der Waals surface area (Å²) in [5.41, 5.74) is 0. The van der Waals surface area contributed by atoms with E-state index in [1.807, 2.05) is 0 Å². The maximum Gasteiger partial charge on any atom is 0.243 e. The van der Waals surface area contributed by atoms with Gasteiger partial charge in [0.2, 0.25) is 17.7 Å². The maximum atomic E-state index is 11.9. The largest absolute Gasteiger partial charge is 0.394 e. The Hall–Kier alpha value is -1.29. The van der Waals surface area contributed by atoms with E-state index in [0.717, 1.165) is 0 Å². The topological polar surface area (TPSA) is 268 Å². The number of hydrogen-bond donors (Lipinski definition) is 13. The molecule has 11 N–H and O–H groups in total. The van der Waals surface area contributed by atoms with E-state index >= 15 is 0 Å². The molecule has 2 aliphatic rings. The Kier molecular flexibility index (Phi) is 17.7. The van der Waals surface area contributed by atoms with E-state index in [-0.39, 0.29) is 13.2 Å². The number of thiol groups is 2. The van der Waals surface area contributed by atoms with Gasteiger partial charge in [-0.1, -0.05) is 14.4 Å². The van der Waals surface area contributed by atoms with Gasteiger partial charge < -0.3 is 66.3 Å². The minimum Gasteiger partial charge on any atom is -0.394 e. The molecule has 236 valence electrons. The number of carbonyl (C=O) groups excluding carboxylic acids is 3. The van der Waals surface area contributed by atoms with Gasteiger partial charge in [-0.25, -0.2) is 0 Å². The summed E-state index contributed by atoms with van der Waals surface area (Å²) in [4.78, 5) is 34.5. The summed E-state index contributed by atoms with van der Waals surface area (Å²) in [5.74, 6) is -1.63. The van der Waals surface area contributed by atoms with Crippen molar-refractivity contribution in [2.75, 3.05) is 24.7 Å². The van der Waals surface area contributed by atoms with Crippen molar-refractivity contribution < 1.29 is 64.7 Å². The molecule has 0 aromatic carbocycles. The minimum absolute atomic E-state index is 0. The highest BCUT2D eigenvalue weighted by Gasteiger charge is 2.45. The molecule has 0 radical (unpaired) electrons. The third-order valence-corrected chi connectivity index (χ3v) is 6.93. The number of aliphatic hydroxyl groups excluding tert-OH is 8. The predicted molar refractivity (Wildman–Crippen MR) is 145 cm³/mol. The molecule has 2 heterocycles. The summed E-state index contributed by atoms with van der Waals surface area (Å²) >= 11 is 7.89. The first kappa shape index (κ1) is 38.7. The first-order chi connectivity index (χ1) is 18.2. The Morgan fingerprint density at radius 1 is 0.750 bits per heavy atom. The van der Waals surface area contributed by atoms with Gasteiger partial charge >= 0.3 is 0 Å². The van der Waals surface area contributed by atoms with Crippen LogP contribution in [0.5, 0.6) is 0 Å². The van der Waals surface area contributed by atoms with Crippen molar-refractivity contribution in [1.82, 2.24) is 16.0 Å². The van der Waals surface area contributed by atoms with E-state index in [4.69, 9.17) is 19.7 Å². The van der Waals surface area contributed by atoms with Crippen LogP contribution < -0.4 is 16.0 Å². The molecule has 0 aliphatic carbocycles. The van der Waals surface area contributed by atoms with Gasteiger partial charge in [0, 0.05) is 24.3 Å². The summed E-state index contributed by atoms with van der Waals surface area (Å²) in [6.07, 6.45) is -11.1. The first-order valence-corrected chi connectivity index (χ1v) is 13.2. The zero-order chi connectivity index (χ0) is 30.0. The monoisotopic (exact) mass is 621 g/mol. The average molecular weight is 622 g/mol. The summed E-state index contributed by atoms with van der Waals surface area (Å²) in [5, 5.41) is 83.2. The Balaban J connectivity index is 0.000000750. The molecule has 0 bridgehead atoms. The highest BCUT2D eigenvalue weighted by molar-refractivity contribution is 7.80. The zero-order valence-corrected chi connectivity index (χ0v) is 23.1. The normalized spacial score (nSPS) is 35.1. The minimum atomic E-state index is -1.61. The van der Waals surface area contributed by atoms with Crippen molar-refractivity contribution >= 4 is 43.0 Å². The van der Waals surface area contributed by atoms with Crippen LogP contribution in [0, 0.1) is 5.92 Å². The Labute approximate surface area is 242 Å². The molecule has 40 heavy (non-hydrogen) atoms. The summed E-state index contributed by atoms with van der Waals surface area (Å²) in [6.45, 7) is 1.73. The van der Waals surface area contributed by atoms with Crippen LogP contribution in [-0.2, 0) is 23.9 Å². The third kappa shape index (κ3) is 10.5. The summed E-state index contributed by atoms with van der Waals surface area (Å²) in [7, 11) is 0. The van der Waals surface area contributed by atoms with Gasteiger partial charge in [-0.15, -0.1) is 0 Å². The van der Waals surface area contributed by atoms with Crippen LogP contribution in [0.2, 0.25) is 0 Å². The molecule has 16 nitrogen and oxygen atoms in total. The second-order valence-corrected chi connectivity index (χ2v) is 9.78. The van der Waals surface area contributed by atoms with Crippen molar-refractivity contribution in [2.45, 2.75) is 88.6 Å². The average Bonchev–Trinajstić information content (AvgIpc) is 2.90. The Morgan fingerprint density at radius 2 is 1.15 bits per heavy atom. The van der Waals surface area contributed by atoms with Crippen LogP contribution >= 0.6 is 25.3 Å². The summed E-state index contributed by atoms with van der Waals surface area (Å²) < 4.78 is 9.81. The number of nitrogens with one attached hydrogen (secondary N) is 3. The maximum absolute atomic E-state index is 11.9. The number of ether oxygens (including phenoxy) is 2. The molecule has 3 amide bonds. The molecule has 18 heteroatoms. The molecule has 2 rings (SSSR count). The highest BCUT2D eigenvalue weighted by Crippen LogP contribution is 2.21. The Bertz CT molecular complexity index is 801. The molecule has 12 atom stereocenters. The molecule has 0 saturated carbocycles. The molecule has 8 unspecified atom stereocenters. The lowest BCUT2D eigenvalue weighted by molar-refractivity contribution is -0.254. The lowest BCUT2D eigenvalue weighted by atomic mass is 9.96. The molecular weight excluding hydrogens is 578 g/mol. The van der Waals surface area contributed by atoms with E-state index in [9.17, 15) is 45.0 Å². The van der Waals surface area contributed by atoms with Crippen LogP contribution in [0.1, 0.15) is 21.3 Å². The van der Waals surface area contributed by atoms with Crippen molar-refractivity contribution in [1.29, 1.82) is 0 Å². The number of rotatable bonds is 9. The number of aliphatic hydroxyl groups is 8. The van der Waals surface area contributed by atoms with Crippen molar-refractivity contribution in [2.24, 2.45) is 5.92 Å². The van der Waals surface area contributed by atoms with E-state index in [0.29, 0.717) is 5.75 Å². The van der Waals surface area contributed by atoms with E-state index in [1.165, 1.54) is 6.92 Å². The van der Waals surface area contributed by atoms with E-state index in [2.05, 4.69) is 41.2 Å². The fraction of sp³-hybridized carbons (Fsp3) is 0.864. The molecule has 0 spiro atoms. The fourth-order valence-electron chi connectivity index (χ4n) is 3.60. The predicted octanol–water partition coefficient (Wildman–Crippen LogP) is -5.56. The van der Waals surface area contributed by atoms with Crippen LogP contribution in [0.3, 0.4) is 0 Å². The van der Waals surface area contributed by atoms with E-state index in [1.54, 1.807) is 6.92 Å². The second-order valence-electron chi connectivity index (χ2n) is 9.05.